The van der Waals surface area contributed by atoms with Crippen LogP contribution in [0.15, 0.2) is 12.1 Å². The van der Waals surface area contributed by atoms with Crippen LogP contribution in [0.2, 0.25) is 0 Å². The summed E-state index contributed by atoms with van der Waals surface area (Å²) in [6.45, 7) is 5.71. The Kier molecular flexibility index (Phi) is 5.43. The summed E-state index contributed by atoms with van der Waals surface area (Å²) >= 11 is 0. The fourth-order valence-electron chi connectivity index (χ4n) is 2.44. The molecular weight excluding hydrogens is 262 g/mol. The second-order valence-electron chi connectivity index (χ2n) is 5.51. The lowest BCUT2D eigenvalue weighted by molar-refractivity contribution is 0.145. The van der Waals surface area contributed by atoms with Crippen molar-refractivity contribution in [1.82, 2.24) is 10.3 Å². The summed E-state index contributed by atoms with van der Waals surface area (Å²) in [6, 6.07) is 4.12. The number of pyridine rings is 1. The minimum Gasteiger partial charge on any atom is -0.381 e. The van der Waals surface area contributed by atoms with Crippen LogP contribution < -0.4 is 5.32 Å². The molecule has 0 spiro atoms. The van der Waals surface area contributed by atoms with E-state index in [1.54, 1.807) is 0 Å². The first-order chi connectivity index (χ1) is 9.58. The summed E-state index contributed by atoms with van der Waals surface area (Å²) in [7, 11) is 0. The van der Waals surface area contributed by atoms with Crippen LogP contribution in [0.3, 0.4) is 0 Å². The number of hydrogen-bond donors (Lipinski definition) is 1. The zero-order valence-corrected chi connectivity index (χ0v) is 12.0. The van der Waals surface area contributed by atoms with Crippen molar-refractivity contribution in [3.8, 4) is 0 Å². The molecule has 1 saturated heterocycles. The van der Waals surface area contributed by atoms with Gasteiger partial charge in [0.15, 0.2) is 0 Å². The van der Waals surface area contributed by atoms with Crippen molar-refractivity contribution in [2.45, 2.75) is 45.1 Å². The maximum Gasteiger partial charge on any atom is 0.250 e. The highest BCUT2D eigenvalue weighted by Gasteiger charge is 2.22. The molecule has 112 valence electrons. The molecule has 1 aliphatic rings. The van der Waals surface area contributed by atoms with Gasteiger partial charge >= 0.3 is 0 Å². The number of aromatic nitrogens is 1. The van der Waals surface area contributed by atoms with Gasteiger partial charge in [-0.25, -0.2) is 8.78 Å². The fourth-order valence-corrected chi connectivity index (χ4v) is 2.44. The molecule has 1 aromatic heterocycles. The monoisotopic (exact) mass is 284 g/mol. The quantitative estimate of drug-likeness (QED) is 0.871. The molecule has 0 bridgehead atoms. The van der Waals surface area contributed by atoms with Gasteiger partial charge in [-0.1, -0.05) is 19.9 Å². The van der Waals surface area contributed by atoms with Crippen molar-refractivity contribution in [3.63, 3.8) is 0 Å². The van der Waals surface area contributed by atoms with Gasteiger partial charge in [0.05, 0.1) is 18.8 Å². The lowest BCUT2D eigenvalue weighted by Crippen LogP contribution is -2.23. The van der Waals surface area contributed by atoms with Crippen molar-refractivity contribution in [1.29, 1.82) is 0 Å². The van der Waals surface area contributed by atoms with Crippen molar-refractivity contribution >= 4 is 0 Å². The number of nitrogens with zero attached hydrogens (tertiary/aromatic N) is 1. The van der Waals surface area contributed by atoms with E-state index in [0.717, 1.165) is 30.0 Å². The average Bonchev–Trinajstić information content (AvgIpc) is 2.91. The molecule has 0 saturated carbocycles. The van der Waals surface area contributed by atoms with Crippen molar-refractivity contribution in [2.24, 2.45) is 0 Å². The number of halogens is 2. The third-order valence-corrected chi connectivity index (χ3v) is 3.58. The predicted molar refractivity (Wildman–Crippen MR) is 74.2 cm³/mol. The molecule has 1 fully saturated rings. The van der Waals surface area contributed by atoms with Crippen molar-refractivity contribution in [3.05, 3.63) is 29.1 Å². The van der Waals surface area contributed by atoms with Gasteiger partial charge in [-0.15, -0.1) is 0 Å². The molecule has 0 amide bonds. The summed E-state index contributed by atoms with van der Waals surface area (Å²) in [5.41, 5.74) is 3.02. The maximum absolute atomic E-state index is 12.2. The maximum atomic E-state index is 12.2. The number of rotatable bonds is 6. The smallest absolute Gasteiger partial charge is 0.250 e. The highest BCUT2D eigenvalue weighted by atomic mass is 19.3. The van der Waals surface area contributed by atoms with Gasteiger partial charge < -0.3 is 10.1 Å². The van der Waals surface area contributed by atoms with Crippen LogP contribution >= 0.6 is 0 Å². The van der Waals surface area contributed by atoms with Crippen molar-refractivity contribution < 1.29 is 13.5 Å². The summed E-state index contributed by atoms with van der Waals surface area (Å²) in [5.74, 6) is 0.671. The molecule has 0 aliphatic carbocycles. The Morgan fingerprint density at radius 2 is 2.20 bits per heavy atom. The molecule has 0 unspecified atom stereocenters. The molecule has 2 heterocycles. The Labute approximate surface area is 118 Å². The van der Waals surface area contributed by atoms with E-state index < -0.39 is 6.43 Å². The first-order valence-electron chi connectivity index (χ1n) is 7.14. The summed E-state index contributed by atoms with van der Waals surface area (Å²) in [4.78, 5) is 4.65. The standard InChI is InChI=1S/C15H22F2N2O/c1-10(2)13-4-3-12(11-5-6-20-9-11)14(19-13)7-18-8-15(16)17/h3-4,10-11,15,18H,5-9H2,1-2H3/t11-/m0/s1. The average molecular weight is 284 g/mol. The van der Waals surface area contributed by atoms with Crippen LogP contribution in [-0.4, -0.2) is 31.2 Å². The van der Waals surface area contributed by atoms with E-state index >= 15 is 0 Å². The highest BCUT2D eigenvalue weighted by molar-refractivity contribution is 5.28. The highest BCUT2D eigenvalue weighted by Crippen LogP contribution is 2.28. The van der Waals surface area contributed by atoms with Gasteiger partial charge in [0.25, 0.3) is 6.43 Å². The Morgan fingerprint density at radius 3 is 2.80 bits per heavy atom. The van der Waals surface area contributed by atoms with Gasteiger partial charge in [0.1, 0.15) is 0 Å². The van der Waals surface area contributed by atoms with E-state index in [1.807, 2.05) is 6.07 Å². The SMILES string of the molecule is CC(C)c1ccc([C@H]2CCOC2)c(CNCC(F)F)n1. The molecule has 0 radical (unpaired) electrons. The number of nitrogens with one attached hydrogen (secondary N) is 1. The predicted octanol–water partition coefficient (Wildman–Crippen LogP) is 3.06. The normalized spacial score (nSPS) is 19.2. The van der Waals surface area contributed by atoms with Crippen LogP contribution in [0.25, 0.3) is 0 Å². The molecule has 20 heavy (non-hydrogen) atoms. The molecule has 1 atom stereocenters. The van der Waals surface area contributed by atoms with Crippen LogP contribution in [-0.2, 0) is 11.3 Å². The van der Waals surface area contributed by atoms with Gasteiger partial charge in [0, 0.05) is 24.8 Å². The first kappa shape index (κ1) is 15.3. The largest absolute Gasteiger partial charge is 0.381 e. The van der Waals surface area contributed by atoms with Crippen molar-refractivity contribution in [2.75, 3.05) is 19.8 Å². The van der Waals surface area contributed by atoms with Crippen LogP contribution in [0, 0.1) is 0 Å². The fraction of sp³-hybridized carbons (Fsp3) is 0.667. The molecule has 1 aromatic rings. The van der Waals surface area contributed by atoms with E-state index in [4.69, 9.17) is 4.74 Å². The Morgan fingerprint density at radius 1 is 1.40 bits per heavy atom. The third-order valence-electron chi connectivity index (χ3n) is 3.58. The van der Waals surface area contributed by atoms with Gasteiger partial charge in [-0.2, -0.15) is 0 Å². The van der Waals surface area contributed by atoms with Crippen LogP contribution in [0.1, 0.15) is 49.1 Å². The lowest BCUT2D eigenvalue weighted by Gasteiger charge is -2.16. The second-order valence-corrected chi connectivity index (χ2v) is 5.51. The van der Waals surface area contributed by atoms with E-state index in [1.165, 1.54) is 0 Å². The minimum absolute atomic E-state index is 0.297. The number of ether oxygens (including phenoxy) is 1. The van der Waals surface area contributed by atoms with E-state index in [2.05, 4.69) is 30.2 Å². The molecule has 0 aromatic carbocycles. The van der Waals surface area contributed by atoms with E-state index in [0.29, 0.717) is 25.0 Å². The van der Waals surface area contributed by atoms with Gasteiger partial charge in [-0.3, -0.25) is 4.98 Å². The molecule has 2 rings (SSSR count). The Hall–Kier alpha value is -1.07. The topological polar surface area (TPSA) is 34.1 Å². The van der Waals surface area contributed by atoms with E-state index in [9.17, 15) is 8.78 Å². The lowest BCUT2D eigenvalue weighted by atomic mass is 9.95. The first-order valence-corrected chi connectivity index (χ1v) is 7.14. The van der Waals surface area contributed by atoms with Gasteiger partial charge in [-0.05, 0) is 24.0 Å². The molecule has 1 N–H and O–H groups in total. The summed E-state index contributed by atoms with van der Waals surface area (Å²) < 4.78 is 29.9. The van der Waals surface area contributed by atoms with Crippen LogP contribution in [0.5, 0.6) is 0 Å². The molecular formula is C15H22F2N2O. The zero-order valence-electron chi connectivity index (χ0n) is 12.0. The molecule has 3 nitrogen and oxygen atoms in total. The number of alkyl halides is 2. The molecule has 5 heteroatoms. The molecule has 1 aliphatic heterocycles. The Balaban J connectivity index is 2.16. The number of hydrogen-bond acceptors (Lipinski definition) is 3. The second kappa shape index (κ2) is 7.09. The zero-order chi connectivity index (χ0) is 14.5. The van der Waals surface area contributed by atoms with Gasteiger partial charge in [0.2, 0.25) is 0 Å². The summed E-state index contributed by atoms with van der Waals surface area (Å²) in [6.07, 6.45) is -1.36. The van der Waals surface area contributed by atoms with Crippen LogP contribution in [0.4, 0.5) is 8.78 Å². The Bertz CT molecular complexity index is 432. The third kappa shape index (κ3) is 3.96. The summed E-state index contributed by atoms with van der Waals surface area (Å²) in [5, 5.41) is 2.78. The minimum atomic E-state index is -2.33. The van der Waals surface area contributed by atoms with E-state index in [-0.39, 0.29) is 6.54 Å².